The number of amides is 1. The molecule has 1 aliphatic rings. The van der Waals surface area contributed by atoms with Crippen LogP contribution < -0.4 is 4.90 Å². The summed E-state index contributed by atoms with van der Waals surface area (Å²) in [6.07, 6.45) is 2.17. The predicted octanol–water partition coefficient (Wildman–Crippen LogP) is 4.84. The maximum atomic E-state index is 13.4. The lowest BCUT2D eigenvalue weighted by Crippen LogP contribution is -2.55. The fraction of sp³-hybridized carbons (Fsp3) is 0.160. The molecule has 0 bridgehead atoms. The molecular weight excluding hydrogens is 400 g/mol. The van der Waals surface area contributed by atoms with Crippen LogP contribution in [0.25, 0.3) is 5.57 Å². The molecule has 6 heteroatoms. The first kappa shape index (κ1) is 20.8. The second-order valence-electron chi connectivity index (χ2n) is 7.46. The van der Waals surface area contributed by atoms with E-state index >= 15 is 0 Å². The highest BCUT2D eigenvalue weighted by Crippen LogP contribution is 2.45. The Morgan fingerprint density at radius 3 is 2.06 bits per heavy atom. The molecule has 31 heavy (non-hydrogen) atoms. The maximum absolute atomic E-state index is 13.4. The topological polar surface area (TPSA) is 60.8 Å². The molecule has 1 unspecified atom stereocenters. The number of carbonyl (C=O) groups is 1. The van der Waals surface area contributed by atoms with Crippen molar-refractivity contribution >= 4 is 17.2 Å². The number of nitrogens with zero attached hydrogens (tertiary/aromatic N) is 1. The molecule has 1 fully saturated rings. The third kappa shape index (κ3) is 4.20. The van der Waals surface area contributed by atoms with Crippen LogP contribution in [0.5, 0.6) is 5.75 Å². The SMILES string of the molecule is O=C1[C@H](C/C=C(/CO)c2ccc(F)cc2)C(c2ccc(O)cc2)N1c1ccc(F)cc1. The highest BCUT2D eigenvalue weighted by molar-refractivity contribution is 6.03. The number of hydrogen-bond acceptors (Lipinski definition) is 3. The normalized spacial score (nSPS) is 18.7. The molecule has 2 atom stereocenters. The van der Waals surface area contributed by atoms with Crippen molar-refractivity contribution in [1.82, 2.24) is 0 Å². The second-order valence-corrected chi connectivity index (χ2v) is 7.46. The average molecular weight is 421 g/mol. The summed E-state index contributed by atoms with van der Waals surface area (Å²) in [5.41, 5.74) is 2.72. The van der Waals surface area contributed by atoms with Crippen LogP contribution in [-0.2, 0) is 4.79 Å². The summed E-state index contributed by atoms with van der Waals surface area (Å²) in [5, 5.41) is 19.4. The van der Waals surface area contributed by atoms with Gasteiger partial charge in [-0.1, -0.05) is 30.3 Å². The van der Waals surface area contributed by atoms with E-state index in [0.29, 0.717) is 23.2 Å². The minimum atomic E-state index is -0.392. The molecule has 4 rings (SSSR count). The molecule has 0 saturated carbocycles. The van der Waals surface area contributed by atoms with E-state index in [1.807, 2.05) is 0 Å². The number of benzene rings is 3. The fourth-order valence-electron chi connectivity index (χ4n) is 3.93. The molecule has 1 aliphatic heterocycles. The van der Waals surface area contributed by atoms with Gasteiger partial charge in [-0.25, -0.2) is 8.78 Å². The highest BCUT2D eigenvalue weighted by Gasteiger charge is 2.48. The molecule has 3 aromatic carbocycles. The summed E-state index contributed by atoms with van der Waals surface area (Å²) in [6.45, 7) is -0.238. The molecule has 0 spiro atoms. The van der Waals surface area contributed by atoms with Crippen molar-refractivity contribution in [3.05, 3.63) is 102 Å². The number of halogens is 2. The van der Waals surface area contributed by atoms with Crippen molar-refractivity contribution in [2.75, 3.05) is 11.5 Å². The maximum Gasteiger partial charge on any atom is 0.233 e. The van der Waals surface area contributed by atoms with Crippen molar-refractivity contribution in [3.63, 3.8) is 0 Å². The van der Waals surface area contributed by atoms with E-state index in [0.717, 1.165) is 5.56 Å². The average Bonchev–Trinajstić information content (AvgIpc) is 2.78. The lowest BCUT2D eigenvalue weighted by Gasteiger charge is -2.47. The van der Waals surface area contributed by atoms with Crippen molar-refractivity contribution < 1.29 is 23.8 Å². The molecule has 4 nitrogen and oxygen atoms in total. The van der Waals surface area contributed by atoms with Gasteiger partial charge in [-0.05, 0) is 71.7 Å². The van der Waals surface area contributed by atoms with Crippen LogP contribution in [0, 0.1) is 17.6 Å². The van der Waals surface area contributed by atoms with Gasteiger partial charge in [0.2, 0.25) is 5.91 Å². The van der Waals surface area contributed by atoms with E-state index in [9.17, 15) is 23.8 Å². The van der Waals surface area contributed by atoms with E-state index in [4.69, 9.17) is 0 Å². The summed E-state index contributed by atoms with van der Waals surface area (Å²) in [7, 11) is 0. The number of anilines is 1. The van der Waals surface area contributed by atoms with Crippen LogP contribution in [0.4, 0.5) is 14.5 Å². The molecule has 1 amide bonds. The summed E-state index contributed by atoms with van der Waals surface area (Å²) in [6, 6.07) is 17.9. The molecule has 2 N–H and O–H groups in total. The minimum absolute atomic E-state index is 0.114. The Bertz CT molecular complexity index is 1090. The Morgan fingerprint density at radius 2 is 1.48 bits per heavy atom. The molecule has 3 aromatic rings. The van der Waals surface area contributed by atoms with Crippen LogP contribution in [0.1, 0.15) is 23.6 Å². The number of β-lactam (4-membered cyclic amide) rings is 1. The number of aromatic hydroxyl groups is 1. The van der Waals surface area contributed by atoms with Crippen LogP contribution in [0.3, 0.4) is 0 Å². The molecule has 1 saturated heterocycles. The van der Waals surface area contributed by atoms with Crippen LogP contribution in [0.15, 0.2) is 78.9 Å². The zero-order valence-electron chi connectivity index (χ0n) is 16.6. The summed E-state index contributed by atoms with van der Waals surface area (Å²) < 4.78 is 26.6. The van der Waals surface area contributed by atoms with Crippen molar-refractivity contribution in [2.24, 2.45) is 5.92 Å². The number of phenols is 1. The van der Waals surface area contributed by atoms with Gasteiger partial charge < -0.3 is 15.1 Å². The minimum Gasteiger partial charge on any atom is -0.508 e. The van der Waals surface area contributed by atoms with Crippen LogP contribution in [0.2, 0.25) is 0 Å². The van der Waals surface area contributed by atoms with E-state index in [2.05, 4.69) is 0 Å². The second kappa shape index (κ2) is 8.70. The Kier molecular flexibility index (Phi) is 5.82. The van der Waals surface area contributed by atoms with Gasteiger partial charge in [-0.15, -0.1) is 0 Å². The predicted molar refractivity (Wildman–Crippen MR) is 114 cm³/mol. The van der Waals surface area contributed by atoms with Gasteiger partial charge in [0.1, 0.15) is 17.4 Å². The monoisotopic (exact) mass is 421 g/mol. The standard InChI is InChI=1S/C25H21F2NO3/c26-19-6-1-16(2-7-19)18(15-29)5-14-23-24(17-3-12-22(30)13-4-17)28(25(23)31)21-10-8-20(27)9-11-21/h1-13,23-24,29-30H,14-15H2/b18-5-/t23-,24?/m1/s1. The molecule has 0 aromatic heterocycles. The summed E-state index contributed by atoms with van der Waals surface area (Å²) >= 11 is 0. The van der Waals surface area contributed by atoms with Gasteiger partial charge in [-0.3, -0.25) is 4.79 Å². The lowest BCUT2D eigenvalue weighted by molar-refractivity contribution is -0.130. The summed E-state index contributed by atoms with van der Waals surface area (Å²) in [4.78, 5) is 14.6. The number of hydrogen-bond donors (Lipinski definition) is 2. The van der Waals surface area contributed by atoms with E-state index in [1.165, 1.54) is 24.3 Å². The first-order valence-electron chi connectivity index (χ1n) is 9.91. The number of aliphatic hydroxyl groups is 1. The summed E-state index contributed by atoms with van der Waals surface area (Å²) in [5.74, 6) is -1.13. The largest absolute Gasteiger partial charge is 0.508 e. The van der Waals surface area contributed by atoms with E-state index < -0.39 is 5.92 Å². The highest BCUT2D eigenvalue weighted by atomic mass is 19.1. The Hall–Kier alpha value is -3.51. The smallest absolute Gasteiger partial charge is 0.233 e. The van der Waals surface area contributed by atoms with Crippen molar-refractivity contribution in [2.45, 2.75) is 12.5 Å². The number of aliphatic hydroxyl groups excluding tert-OH is 1. The molecule has 158 valence electrons. The van der Waals surface area contributed by atoms with Gasteiger partial charge in [0, 0.05) is 5.69 Å². The van der Waals surface area contributed by atoms with Gasteiger partial charge in [-0.2, -0.15) is 0 Å². The van der Waals surface area contributed by atoms with Gasteiger partial charge in [0.15, 0.2) is 0 Å². The van der Waals surface area contributed by atoms with Gasteiger partial charge in [0.25, 0.3) is 0 Å². The lowest BCUT2D eigenvalue weighted by atomic mass is 9.79. The number of carbonyl (C=O) groups excluding carboxylic acids is 1. The quantitative estimate of drug-likeness (QED) is 0.560. The Labute approximate surface area is 178 Å². The van der Waals surface area contributed by atoms with E-state index in [1.54, 1.807) is 59.5 Å². The number of allylic oxidation sites excluding steroid dienone is 1. The Morgan fingerprint density at radius 1 is 0.903 bits per heavy atom. The zero-order valence-corrected chi connectivity index (χ0v) is 16.6. The Balaban J connectivity index is 1.63. The first-order valence-corrected chi connectivity index (χ1v) is 9.91. The van der Waals surface area contributed by atoms with Gasteiger partial charge >= 0.3 is 0 Å². The zero-order chi connectivity index (χ0) is 22.0. The first-order chi connectivity index (χ1) is 15.0. The fourth-order valence-corrected chi connectivity index (χ4v) is 3.93. The van der Waals surface area contributed by atoms with Gasteiger partial charge in [0.05, 0.1) is 18.6 Å². The van der Waals surface area contributed by atoms with Crippen LogP contribution in [-0.4, -0.2) is 22.7 Å². The van der Waals surface area contributed by atoms with E-state index in [-0.39, 0.29) is 35.9 Å². The van der Waals surface area contributed by atoms with Crippen molar-refractivity contribution in [3.8, 4) is 5.75 Å². The van der Waals surface area contributed by atoms with Crippen molar-refractivity contribution in [1.29, 1.82) is 0 Å². The number of rotatable bonds is 6. The number of phenolic OH excluding ortho intramolecular Hbond substituents is 1. The molecular formula is C25H21F2NO3. The molecule has 0 aliphatic carbocycles. The molecule has 0 radical (unpaired) electrons. The third-order valence-corrected chi connectivity index (χ3v) is 5.56. The van der Waals surface area contributed by atoms with Crippen LogP contribution >= 0.6 is 0 Å². The third-order valence-electron chi connectivity index (χ3n) is 5.56. The molecule has 1 heterocycles.